The molecule has 0 aliphatic heterocycles. The van der Waals surface area contributed by atoms with E-state index in [1.807, 2.05) is 0 Å². The van der Waals surface area contributed by atoms with Gasteiger partial charge in [0.2, 0.25) is 0 Å². The van der Waals surface area contributed by atoms with Crippen LogP contribution in [0.15, 0.2) is 0 Å². The maximum absolute atomic E-state index is 5.47. The van der Waals surface area contributed by atoms with Gasteiger partial charge in [-0.25, -0.2) is 0 Å². The Morgan fingerprint density at radius 3 is 1.62 bits per heavy atom. The first-order valence-corrected chi connectivity index (χ1v) is 2.96. The number of hydrogen-bond donors (Lipinski definition) is 0. The van der Waals surface area contributed by atoms with Gasteiger partial charge in [-0.1, -0.05) is 0 Å². The highest BCUT2D eigenvalue weighted by Gasteiger charge is 2.02. The molecule has 52 valence electrons. The van der Waals surface area contributed by atoms with Gasteiger partial charge in [0.25, 0.3) is 0 Å². The summed E-state index contributed by atoms with van der Waals surface area (Å²) in [5.74, 6) is 0.753. The smallest absolute Gasteiger partial charge is 0.0918 e. The molecule has 0 aromatic rings. The molecule has 8 heavy (non-hydrogen) atoms. The van der Waals surface area contributed by atoms with Crippen LogP contribution in [-0.2, 0) is 0 Å². The van der Waals surface area contributed by atoms with Crippen molar-refractivity contribution in [3.05, 3.63) is 0 Å². The fourth-order valence-electron chi connectivity index (χ4n) is 0.254. The van der Waals surface area contributed by atoms with Gasteiger partial charge < -0.3 is 4.48 Å². The fourth-order valence-corrected chi connectivity index (χ4v) is 0.761. The van der Waals surface area contributed by atoms with Gasteiger partial charge in [-0.05, 0) is 0 Å². The minimum absolute atomic E-state index is 0. The summed E-state index contributed by atoms with van der Waals surface area (Å²) >= 11 is 5.47. The standard InChI is InChI=1S/C5H13ClN.ClH2/c1-7(2,3)5-4-6;/h4-5H2,1-3H3;1H2/q2*+1. The van der Waals surface area contributed by atoms with E-state index < -0.39 is 0 Å². The number of halogens is 2. The summed E-state index contributed by atoms with van der Waals surface area (Å²) in [5, 5.41) is 0. The molecule has 0 amide bonds. The van der Waals surface area contributed by atoms with Gasteiger partial charge in [-0.2, -0.15) is 0 Å². The van der Waals surface area contributed by atoms with E-state index in [0.29, 0.717) is 0 Å². The molecule has 0 heterocycles. The van der Waals surface area contributed by atoms with Crippen LogP contribution in [0, 0.1) is 12.4 Å². The van der Waals surface area contributed by atoms with Gasteiger partial charge in [-0.15, -0.1) is 11.6 Å². The highest BCUT2D eigenvalue weighted by molar-refractivity contribution is 6.17. The van der Waals surface area contributed by atoms with E-state index >= 15 is 0 Å². The van der Waals surface area contributed by atoms with E-state index in [0.717, 1.165) is 16.9 Å². The third-order valence-electron chi connectivity index (χ3n) is 0.755. The molecule has 0 aliphatic rings. The molecule has 0 saturated carbocycles. The van der Waals surface area contributed by atoms with Crippen LogP contribution in [0.4, 0.5) is 0 Å². The Morgan fingerprint density at radius 1 is 1.25 bits per heavy atom. The molecule has 0 rings (SSSR count). The van der Waals surface area contributed by atoms with Crippen molar-refractivity contribution in [3.8, 4) is 0 Å². The molecule has 1 nitrogen and oxygen atoms in total. The Kier molecular flexibility index (Phi) is 6.27. The van der Waals surface area contributed by atoms with Gasteiger partial charge in [-0.3, -0.25) is 0 Å². The van der Waals surface area contributed by atoms with Gasteiger partial charge in [0.1, 0.15) is 0 Å². The van der Waals surface area contributed by atoms with Crippen LogP contribution < -0.4 is 0 Å². The molecule has 0 aliphatic carbocycles. The largest absolute Gasteiger partial charge is 0.330 e. The second-order valence-electron chi connectivity index (χ2n) is 2.70. The van der Waals surface area contributed by atoms with Crippen molar-refractivity contribution in [2.45, 2.75) is 0 Å². The second kappa shape index (κ2) is 4.42. The van der Waals surface area contributed by atoms with Crippen molar-refractivity contribution >= 4 is 11.6 Å². The van der Waals surface area contributed by atoms with Crippen LogP contribution >= 0.6 is 11.6 Å². The van der Waals surface area contributed by atoms with Crippen molar-refractivity contribution in [2.24, 2.45) is 0 Å². The first-order chi connectivity index (χ1) is 3.06. The Bertz CT molecular complexity index is 48.9. The molecule has 0 fully saturated rings. The van der Waals surface area contributed by atoms with Crippen molar-refractivity contribution in [1.82, 2.24) is 0 Å². The van der Waals surface area contributed by atoms with E-state index in [4.69, 9.17) is 11.6 Å². The molecular formula is C5H15Cl2N+2. The molecule has 0 bridgehead atoms. The van der Waals surface area contributed by atoms with Gasteiger partial charge in [0, 0.05) is 0 Å². The van der Waals surface area contributed by atoms with Crippen LogP contribution in [0.5, 0.6) is 0 Å². The quantitative estimate of drug-likeness (QED) is 0.405. The lowest BCUT2D eigenvalue weighted by molar-refractivity contribution is -0.867. The molecule has 0 aromatic heterocycles. The van der Waals surface area contributed by atoms with E-state index in [9.17, 15) is 0 Å². The highest BCUT2D eigenvalue weighted by Crippen LogP contribution is 1.88. The average Bonchev–Trinajstić information content (AvgIpc) is 1.30. The monoisotopic (exact) mass is 159 g/mol. The van der Waals surface area contributed by atoms with Crippen LogP contribution in [0.3, 0.4) is 0 Å². The third kappa shape index (κ3) is 9.74. The Hall–Kier alpha value is 0.540. The summed E-state index contributed by atoms with van der Waals surface area (Å²) < 4.78 is 0.962. The number of alkyl halides is 1. The Labute approximate surface area is 62.6 Å². The van der Waals surface area contributed by atoms with Crippen molar-refractivity contribution in [2.75, 3.05) is 33.6 Å². The summed E-state index contributed by atoms with van der Waals surface area (Å²) in [6, 6.07) is 0. The topological polar surface area (TPSA) is 0 Å². The summed E-state index contributed by atoms with van der Waals surface area (Å²) in [6.07, 6.45) is 0. The third-order valence-corrected chi connectivity index (χ3v) is 0.924. The predicted octanol–water partition coefficient (Wildman–Crippen LogP) is 0.396. The summed E-state index contributed by atoms with van der Waals surface area (Å²) in [4.78, 5) is 0. The lowest BCUT2D eigenvalue weighted by Gasteiger charge is -2.21. The molecule has 0 N–H and O–H groups in total. The fraction of sp³-hybridized carbons (Fsp3) is 1.00. The Balaban J connectivity index is 0. The van der Waals surface area contributed by atoms with Crippen molar-refractivity contribution in [1.29, 1.82) is 0 Å². The summed E-state index contributed by atoms with van der Waals surface area (Å²) in [5.41, 5.74) is 0. The summed E-state index contributed by atoms with van der Waals surface area (Å²) in [7, 11) is 6.38. The van der Waals surface area contributed by atoms with E-state index in [-0.39, 0.29) is 12.4 Å². The molecule has 0 spiro atoms. The number of nitrogens with zero attached hydrogens (tertiary/aromatic N) is 1. The molecule has 0 unspecified atom stereocenters. The van der Waals surface area contributed by atoms with Gasteiger partial charge >= 0.3 is 0 Å². The first-order valence-electron chi connectivity index (χ1n) is 2.43. The lowest BCUT2D eigenvalue weighted by Crippen LogP contribution is -2.35. The average molecular weight is 160 g/mol. The van der Waals surface area contributed by atoms with Gasteiger partial charge in [0.15, 0.2) is 0 Å². The van der Waals surface area contributed by atoms with Gasteiger partial charge in [0.05, 0.1) is 46.0 Å². The molecule has 0 atom stereocenters. The molecule has 0 saturated heterocycles. The molecule has 0 radical (unpaired) electrons. The van der Waals surface area contributed by atoms with Crippen LogP contribution in [0.1, 0.15) is 0 Å². The zero-order valence-corrected chi connectivity index (χ0v) is 7.34. The molecule has 0 aromatic carbocycles. The number of rotatable bonds is 2. The molecular weight excluding hydrogens is 145 g/mol. The maximum Gasteiger partial charge on any atom is 0.0918 e. The predicted molar refractivity (Wildman–Crippen MR) is 36.4 cm³/mol. The molecule has 3 heteroatoms. The minimum Gasteiger partial charge on any atom is -0.330 e. The van der Waals surface area contributed by atoms with E-state index in [1.54, 1.807) is 0 Å². The maximum atomic E-state index is 5.47. The first kappa shape index (κ1) is 11.4. The van der Waals surface area contributed by atoms with E-state index in [1.165, 1.54) is 0 Å². The highest BCUT2D eigenvalue weighted by atomic mass is 35.5. The zero-order valence-electron chi connectivity index (χ0n) is 5.69. The number of hydrogen-bond acceptors (Lipinski definition) is 0. The summed E-state index contributed by atoms with van der Waals surface area (Å²) in [6.45, 7) is 1.04. The van der Waals surface area contributed by atoms with Crippen molar-refractivity contribution < 1.29 is 16.9 Å². The normalized spacial score (nSPS) is 10.5. The van der Waals surface area contributed by atoms with Crippen LogP contribution in [-0.4, -0.2) is 38.1 Å². The SMILES string of the molecule is C[N+](C)(C)CCCl.[ClH2+]. The minimum atomic E-state index is 0. The van der Waals surface area contributed by atoms with Crippen LogP contribution in [0.2, 0.25) is 0 Å². The van der Waals surface area contributed by atoms with Crippen molar-refractivity contribution in [3.63, 3.8) is 0 Å². The zero-order chi connectivity index (χ0) is 5.91. The lowest BCUT2D eigenvalue weighted by atomic mass is 10.6. The van der Waals surface area contributed by atoms with Crippen LogP contribution in [0.25, 0.3) is 0 Å². The Morgan fingerprint density at radius 2 is 1.62 bits per heavy atom. The second-order valence-corrected chi connectivity index (χ2v) is 3.08. The number of quaternary nitrogens is 1. The van der Waals surface area contributed by atoms with E-state index in [2.05, 4.69) is 21.1 Å².